The highest BCUT2D eigenvalue weighted by molar-refractivity contribution is 6.02. The Morgan fingerprint density at radius 3 is 2.12 bits per heavy atom. The first kappa shape index (κ1) is 17.7. The van der Waals surface area contributed by atoms with Gasteiger partial charge in [0.25, 0.3) is 0 Å². The van der Waals surface area contributed by atoms with Crippen molar-refractivity contribution in [3.8, 4) is 0 Å². The zero-order chi connectivity index (χ0) is 18.7. The normalized spacial score (nSPS) is 10.9. The highest BCUT2D eigenvalue weighted by Gasteiger charge is 2.36. The van der Waals surface area contributed by atoms with Crippen LogP contribution in [-0.2, 0) is 25.6 Å². The average Bonchev–Trinajstić information content (AvgIpc) is 2.95. The van der Waals surface area contributed by atoms with Gasteiger partial charge >= 0.3 is 11.9 Å². The lowest BCUT2D eigenvalue weighted by Crippen LogP contribution is -2.27. The minimum Gasteiger partial charge on any atom is -0.468 e. The molecule has 26 heavy (non-hydrogen) atoms. The Morgan fingerprint density at radius 2 is 1.50 bits per heavy atom. The SMILES string of the molecule is COC(=O)C(C(=O)OC)c1c(C)c2ccccc2n1Cc1ccccc1. The van der Waals surface area contributed by atoms with Crippen molar-refractivity contribution in [1.29, 1.82) is 0 Å². The number of esters is 2. The fraction of sp³-hybridized carbons (Fsp3) is 0.238. The van der Waals surface area contributed by atoms with Gasteiger partial charge in [-0.1, -0.05) is 48.5 Å². The van der Waals surface area contributed by atoms with Crippen LogP contribution in [0.1, 0.15) is 22.7 Å². The number of para-hydroxylation sites is 1. The van der Waals surface area contributed by atoms with Gasteiger partial charge in [-0.3, -0.25) is 9.59 Å². The summed E-state index contributed by atoms with van der Waals surface area (Å²) in [6, 6.07) is 17.8. The van der Waals surface area contributed by atoms with Gasteiger partial charge in [-0.15, -0.1) is 0 Å². The number of fused-ring (bicyclic) bond motifs is 1. The molecule has 1 heterocycles. The minimum absolute atomic E-state index is 0.537. The lowest BCUT2D eigenvalue weighted by molar-refractivity contribution is -0.154. The first-order chi connectivity index (χ1) is 12.6. The van der Waals surface area contributed by atoms with E-state index < -0.39 is 17.9 Å². The molecule has 0 bridgehead atoms. The van der Waals surface area contributed by atoms with E-state index in [9.17, 15) is 9.59 Å². The maximum absolute atomic E-state index is 12.4. The first-order valence-electron chi connectivity index (χ1n) is 8.35. The number of carbonyl (C=O) groups is 2. The molecule has 0 aliphatic carbocycles. The van der Waals surface area contributed by atoms with Crippen LogP contribution in [0.25, 0.3) is 10.9 Å². The van der Waals surface area contributed by atoms with E-state index in [-0.39, 0.29) is 0 Å². The third-order valence-corrected chi connectivity index (χ3v) is 4.60. The Bertz CT molecular complexity index is 927. The fourth-order valence-corrected chi connectivity index (χ4v) is 3.36. The molecule has 0 unspecified atom stereocenters. The van der Waals surface area contributed by atoms with Crippen LogP contribution >= 0.6 is 0 Å². The van der Waals surface area contributed by atoms with Crippen LogP contribution in [0.5, 0.6) is 0 Å². The van der Waals surface area contributed by atoms with Crippen molar-refractivity contribution in [3.05, 3.63) is 71.4 Å². The molecular formula is C21H21NO4. The topological polar surface area (TPSA) is 57.5 Å². The lowest BCUT2D eigenvalue weighted by atomic mass is 10.0. The van der Waals surface area contributed by atoms with Crippen LogP contribution in [-0.4, -0.2) is 30.7 Å². The van der Waals surface area contributed by atoms with Crippen molar-refractivity contribution in [1.82, 2.24) is 4.57 Å². The molecule has 0 radical (unpaired) electrons. The molecule has 3 rings (SSSR count). The summed E-state index contributed by atoms with van der Waals surface area (Å²) in [4.78, 5) is 24.8. The van der Waals surface area contributed by atoms with Crippen molar-refractivity contribution >= 4 is 22.8 Å². The molecule has 0 aliphatic heterocycles. The summed E-state index contributed by atoms with van der Waals surface area (Å²) in [7, 11) is 2.55. The summed E-state index contributed by atoms with van der Waals surface area (Å²) in [5.41, 5.74) is 3.51. The molecule has 3 aromatic rings. The number of aryl methyl sites for hydroxylation is 1. The predicted molar refractivity (Wildman–Crippen MR) is 99.0 cm³/mol. The summed E-state index contributed by atoms with van der Waals surface area (Å²) in [6.45, 7) is 2.45. The molecule has 0 fully saturated rings. The second-order valence-electron chi connectivity index (χ2n) is 6.08. The van der Waals surface area contributed by atoms with E-state index in [0.29, 0.717) is 12.2 Å². The highest BCUT2D eigenvalue weighted by Crippen LogP contribution is 2.33. The van der Waals surface area contributed by atoms with E-state index in [2.05, 4.69) is 0 Å². The van der Waals surface area contributed by atoms with Crippen LogP contribution in [0.15, 0.2) is 54.6 Å². The van der Waals surface area contributed by atoms with Crippen LogP contribution in [0.2, 0.25) is 0 Å². The van der Waals surface area contributed by atoms with Gasteiger partial charge in [-0.2, -0.15) is 0 Å². The molecule has 0 saturated carbocycles. The fourth-order valence-electron chi connectivity index (χ4n) is 3.36. The maximum atomic E-state index is 12.4. The predicted octanol–water partition coefficient (Wildman–Crippen LogP) is 3.43. The second kappa shape index (κ2) is 7.44. The van der Waals surface area contributed by atoms with Crippen molar-refractivity contribution in [3.63, 3.8) is 0 Å². The molecular weight excluding hydrogens is 330 g/mol. The number of carbonyl (C=O) groups excluding carboxylic acids is 2. The van der Waals surface area contributed by atoms with Crippen LogP contribution in [0, 0.1) is 6.92 Å². The second-order valence-corrected chi connectivity index (χ2v) is 6.08. The quantitative estimate of drug-likeness (QED) is 0.522. The average molecular weight is 351 g/mol. The molecule has 0 amide bonds. The summed E-state index contributed by atoms with van der Waals surface area (Å²) >= 11 is 0. The van der Waals surface area contributed by atoms with Gasteiger partial charge in [-0.25, -0.2) is 0 Å². The lowest BCUT2D eigenvalue weighted by Gasteiger charge is -2.18. The Labute approximate surface area is 152 Å². The zero-order valence-corrected chi connectivity index (χ0v) is 15.1. The third-order valence-electron chi connectivity index (χ3n) is 4.60. The van der Waals surface area contributed by atoms with Gasteiger partial charge in [0.05, 0.1) is 14.2 Å². The number of hydrogen-bond donors (Lipinski definition) is 0. The number of nitrogens with zero attached hydrogens (tertiary/aromatic N) is 1. The van der Waals surface area contributed by atoms with E-state index >= 15 is 0 Å². The van der Waals surface area contributed by atoms with E-state index in [4.69, 9.17) is 9.47 Å². The minimum atomic E-state index is -1.12. The molecule has 0 saturated heterocycles. The summed E-state index contributed by atoms with van der Waals surface area (Å²) in [6.07, 6.45) is 0. The van der Waals surface area contributed by atoms with Gasteiger partial charge in [0, 0.05) is 23.1 Å². The number of methoxy groups -OCH3 is 2. The molecule has 0 aliphatic rings. The van der Waals surface area contributed by atoms with Crippen LogP contribution in [0.3, 0.4) is 0 Å². The monoisotopic (exact) mass is 351 g/mol. The maximum Gasteiger partial charge on any atom is 0.326 e. The summed E-state index contributed by atoms with van der Waals surface area (Å²) < 4.78 is 11.8. The molecule has 5 nitrogen and oxygen atoms in total. The van der Waals surface area contributed by atoms with E-state index in [1.807, 2.05) is 66.1 Å². The number of ether oxygens (including phenoxy) is 2. The molecule has 134 valence electrons. The Hall–Kier alpha value is -3.08. The molecule has 0 atom stereocenters. The van der Waals surface area contributed by atoms with Crippen LogP contribution < -0.4 is 0 Å². The smallest absolute Gasteiger partial charge is 0.326 e. The van der Waals surface area contributed by atoms with Crippen molar-refractivity contribution in [2.45, 2.75) is 19.4 Å². The van der Waals surface area contributed by atoms with E-state index in [1.54, 1.807) is 0 Å². The number of rotatable bonds is 5. The van der Waals surface area contributed by atoms with Crippen LogP contribution in [0.4, 0.5) is 0 Å². The Morgan fingerprint density at radius 1 is 0.923 bits per heavy atom. The zero-order valence-electron chi connectivity index (χ0n) is 15.1. The van der Waals surface area contributed by atoms with Gasteiger partial charge in [0.15, 0.2) is 5.92 Å². The van der Waals surface area contributed by atoms with Gasteiger partial charge in [-0.05, 0) is 24.1 Å². The van der Waals surface area contributed by atoms with Crippen molar-refractivity contribution < 1.29 is 19.1 Å². The summed E-state index contributed by atoms with van der Waals surface area (Å²) in [5, 5.41) is 0.997. The molecule has 2 aromatic carbocycles. The van der Waals surface area contributed by atoms with Gasteiger partial charge in [0.2, 0.25) is 0 Å². The van der Waals surface area contributed by atoms with Crippen molar-refractivity contribution in [2.24, 2.45) is 0 Å². The first-order valence-corrected chi connectivity index (χ1v) is 8.35. The third kappa shape index (κ3) is 3.08. The number of hydrogen-bond acceptors (Lipinski definition) is 4. The Kier molecular flexibility index (Phi) is 5.07. The standard InChI is InChI=1S/C21H21NO4/c1-14-16-11-7-8-12-17(16)22(13-15-9-5-4-6-10-15)19(14)18(20(23)25-2)21(24)26-3/h4-12,18H,13H2,1-3H3. The van der Waals surface area contributed by atoms with Gasteiger partial charge < -0.3 is 14.0 Å². The number of benzene rings is 2. The highest BCUT2D eigenvalue weighted by atomic mass is 16.5. The van der Waals surface area contributed by atoms with E-state index in [0.717, 1.165) is 22.0 Å². The van der Waals surface area contributed by atoms with E-state index in [1.165, 1.54) is 14.2 Å². The van der Waals surface area contributed by atoms with Gasteiger partial charge in [0.1, 0.15) is 0 Å². The molecule has 0 N–H and O–H groups in total. The molecule has 0 spiro atoms. The summed E-state index contributed by atoms with van der Waals surface area (Å²) in [5.74, 6) is -2.38. The largest absolute Gasteiger partial charge is 0.468 e. The number of aromatic nitrogens is 1. The molecule has 5 heteroatoms. The van der Waals surface area contributed by atoms with Crippen molar-refractivity contribution in [2.75, 3.05) is 14.2 Å². The molecule has 1 aromatic heterocycles. The Balaban J connectivity index is 2.25.